The molecule has 1 aliphatic carbocycles. The number of hydrogen-bond acceptors (Lipinski definition) is 2. The Labute approximate surface area is 41.7 Å². The van der Waals surface area contributed by atoms with E-state index in [-0.39, 0.29) is 0 Å². The van der Waals surface area contributed by atoms with Gasteiger partial charge in [0.25, 0.3) is 0 Å². The molecule has 0 atom stereocenters. The molecule has 1 saturated carbocycles. The summed E-state index contributed by atoms with van der Waals surface area (Å²) in [5.74, 6) is 0.310. The highest BCUT2D eigenvalue weighted by molar-refractivity contribution is 7.99. The van der Waals surface area contributed by atoms with Crippen LogP contribution < -0.4 is 0 Å². The Morgan fingerprint density at radius 3 is 2.50 bits per heavy atom. The fourth-order valence-corrected chi connectivity index (χ4v) is 1.02. The first-order valence-corrected chi connectivity index (χ1v) is 3.21. The van der Waals surface area contributed by atoms with Crippen molar-refractivity contribution >= 4 is 11.8 Å². The number of aliphatic hydroxyl groups is 1. The van der Waals surface area contributed by atoms with Crippen molar-refractivity contribution in [3.63, 3.8) is 0 Å². The zero-order chi connectivity index (χ0) is 4.41. The highest BCUT2D eigenvalue weighted by Crippen LogP contribution is 2.32. The van der Waals surface area contributed by atoms with Gasteiger partial charge in [-0.1, -0.05) is 0 Å². The normalized spacial score (nSPS) is 21.5. The molecule has 0 aromatic carbocycles. The predicted molar refractivity (Wildman–Crippen MR) is 27.7 cm³/mol. The van der Waals surface area contributed by atoms with Gasteiger partial charge >= 0.3 is 0 Å². The standard InChI is InChI=1S/C4H8OS/c5-3-6-4-1-2-4/h4-5H,1-3H2. The van der Waals surface area contributed by atoms with Gasteiger partial charge in [0.15, 0.2) is 0 Å². The minimum atomic E-state index is 0.310. The number of aliphatic hydroxyl groups excluding tert-OH is 1. The molecule has 1 fully saturated rings. The second kappa shape index (κ2) is 1.85. The molecule has 2 heteroatoms. The zero-order valence-electron chi connectivity index (χ0n) is 3.55. The second-order valence-electron chi connectivity index (χ2n) is 1.50. The van der Waals surface area contributed by atoms with Crippen LogP contribution in [0.4, 0.5) is 0 Å². The SMILES string of the molecule is OCSC1CC1. The Hall–Kier alpha value is 0.310. The van der Waals surface area contributed by atoms with E-state index in [1.807, 2.05) is 0 Å². The van der Waals surface area contributed by atoms with Crippen molar-refractivity contribution in [1.29, 1.82) is 0 Å². The first kappa shape index (κ1) is 4.47. The topological polar surface area (TPSA) is 20.2 Å². The molecule has 0 spiro atoms. The molecule has 0 saturated heterocycles. The molecule has 1 N–H and O–H groups in total. The summed E-state index contributed by atoms with van der Waals surface area (Å²) >= 11 is 1.65. The van der Waals surface area contributed by atoms with Gasteiger partial charge < -0.3 is 5.11 Å². The molecule has 1 nitrogen and oxygen atoms in total. The molecule has 0 amide bonds. The van der Waals surface area contributed by atoms with Crippen LogP contribution in [0, 0.1) is 0 Å². The van der Waals surface area contributed by atoms with Crippen LogP contribution in [0.15, 0.2) is 0 Å². The summed E-state index contributed by atoms with van der Waals surface area (Å²) in [6.45, 7) is 0. The smallest absolute Gasteiger partial charge is 0.0888 e. The summed E-state index contributed by atoms with van der Waals surface area (Å²) in [5.41, 5.74) is 0. The zero-order valence-corrected chi connectivity index (χ0v) is 4.37. The van der Waals surface area contributed by atoms with Gasteiger partial charge in [-0.15, -0.1) is 11.8 Å². The van der Waals surface area contributed by atoms with E-state index in [9.17, 15) is 0 Å². The van der Waals surface area contributed by atoms with E-state index in [2.05, 4.69) is 0 Å². The van der Waals surface area contributed by atoms with Gasteiger partial charge in [-0.3, -0.25) is 0 Å². The lowest BCUT2D eigenvalue weighted by molar-refractivity contribution is 0.375. The Morgan fingerprint density at radius 2 is 2.33 bits per heavy atom. The summed E-state index contributed by atoms with van der Waals surface area (Å²) in [7, 11) is 0. The maximum absolute atomic E-state index is 8.24. The van der Waals surface area contributed by atoms with Crippen molar-refractivity contribution in [2.24, 2.45) is 0 Å². The van der Waals surface area contributed by atoms with E-state index in [4.69, 9.17) is 5.11 Å². The molecule has 36 valence electrons. The molecule has 0 aliphatic heterocycles. The van der Waals surface area contributed by atoms with Crippen molar-refractivity contribution in [3.05, 3.63) is 0 Å². The van der Waals surface area contributed by atoms with E-state index < -0.39 is 0 Å². The number of thioether (sulfide) groups is 1. The maximum Gasteiger partial charge on any atom is 0.0888 e. The molecule has 0 heterocycles. The van der Waals surface area contributed by atoms with E-state index in [0.29, 0.717) is 5.94 Å². The fraction of sp³-hybridized carbons (Fsp3) is 1.00. The number of rotatable bonds is 2. The minimum absolute atomic E-state index is 0.310. The molecule has 1 rings (SSSR count). The third kappa shape index (κ3) is 1.19. The van der Waals surface area contributed by atoms with Crippen LogP contribution in [-0.4, -0.2) is 16.3 Å². The van der Waals surface area contributed by atoms with E-state index >= 15 is 0 Å². The largest absolute Gasteiger partial charge is 0.386 e. The molecule has 0 aromatic rings. The molecule has 0 unspecified atom stereocenters. The Kier molecular flexibility index (Phi) is 1.37. The highest BCUT2D eigenvalue weighted by Gasteiger charge is 2.20. The molecule has 0 aromatic heterocycles. The lowest BCUT2D eigenvalue weighted by atomic mass is 11.0. The fourth-order valence-electron chi connectivity index (χ4n) is 0.340. The lowest BCUT2D eigenvalue weighted by Gasteiger charge is -1.83. The van der Waals surface area contributed by atoms with Crippen LogP contribution >= 0.6 is 11.8 Å². The summed E-state index contributed by atoms with van der Waals surface area (Å²) in [6, 6.07) is 0. The molecular weight excluding hydrogens is 96.1 g/mol. The van der Waals surface area contributed by atoms with Gasteiger partial charge in [-0.25, -0.2) is 0 Å². The van der Waals surface area contributed by atoms with E-state index in [1.54, 1.807) is 11.8 Å². The Bertz CT molecular complexity index is 42.8. The maximum atomic E-state index is 8.24. The Morgan fingerprint density at radius 1 is 1.67 bits per heavy atom. The van der Waals surface area contributed by atoms with Gasteiger partial charge in [0.05, 0.1) is 5.94 Å². The van der Waals surface area contributed by atoms with Gasteiger partial charge in [-0.2, -0.15) is 0 Å². The third-order valence-corrected chi connectivity index (χ3v) is 1.93. The van der Waals surface area contributed by atoms with Crippen LogP contribution in [0.1, 0.15) is 12.8 Å². The quantitative estimate of drug-likeness (QED) is 0.524. The second-order valence-corrected chi connectivity index (χ2v) is 2.75. The monoisotopic (exact) mass is 104 g/mol. The van der Waals surface area contributed by atoms with Crippen molar-refractivity contribution < 1.29 is 5.11 Å². The van der Waals surface area contributed by atoms with Gasteiger partial charge in [0, 0.05) is 5.25 Å². The molecule has 6 heavy (non-hydrogen) atoms. The average molecular weight is 104 g/mol. The van der Waals surface area contributed by atoms with Crippen molar-refractivity contribution in [2.45, 2.75) is 18.1 Å². The lowest BCUT2D eigenvalue weighted by Crippen LogP contribution is -1.74. The third-order valence-electron chi connectivity index (χ3n) is 0.835. The first-order valence-electron chi connectivity index (χ1n) is 2.16. The van der Waals surface area contributed by atoms with Crippen LogP contribution in [0.2, 0.25) is 0 Å². The summed E-state index contributed by atoms with van der Waals surface area (Å²) in [6.07, 6.45) is 2.65. The van der Waals surface area contributed by atoms with Crippen molar-refractivity contribution in [2.75, 3.05) is 5.94 Å². The highest BCUT2D eigenvalue weighted by atomic mass is 32.2. The summed E-state index contributed by atoms with van der Waals surface area (Å²) in [5, 5.41) is 9.05. The molecular formula is C4H8OS. The minimum Gasteiger partial charge on any atom is -0.386 e. The number of hydrogen-bond donors (Lipinski definition) is 1. The van der Waals surface area contributed by atoms with Crippen molar-refractivity contribution in [1.82, 2.24) is 0 Å². The average Bonchev–Trinajstić information content (AvgIpc) is 2.21. The predicted octanol–water partition coefficient (Wildman–Crippen LogP) is 0.832. The van der Waals surface area contributed by atoms with Crippen LogP contribution in [0.25, 0.3) is 0 Å². The van der Waals surface area contributed by atoms with Crippen LogP contribution in [0.3, 0.4) is 0 Å². The molecule has 0 bridgehead atoms. The molecule has 0 radical (unpaired) electrons. The van der Waals surface area contributed by atoms with Gasteiger partial charge in [0.2, 0.25) is 0 Å². The summed E-state index contributed by atoms with van der Waals surface area (Å²) in [4.78, 5) is 0. The van der Waals surface area contributed by atoms with Crippen LogP contribution in [-0.2, 0) is 0 Å². The van der Waals surface area contributed by atoms with Gasteiger partial charge in [-0.05, 0) is 12.8 Å². The van der Waals surface area contributed by atoms with Crippen LogP contribution in [0.5, 0.6) is 0 Å². The first-order chi connectivity index (χ1) is 2.93. The molecule has 1 aliphatic rings. The summed E-state index contributed by atoms with van der Waals surface area (Å²) < 4.78 is 0. The Balaban J connectivity index is 1.88. The van der Waals surface area contributed by atoms with Gasteiger partial charge in [0.1, 0.15) is 0 Å². The van der Waals surface area contributed by atoms with E-state index in [0.717, 1.165) is 5.25 Å². The van der Waals surface area contributed by atoms with Crippen molar-refractivity contribution in [3.8, 4) is 0 Å². The van der Waals surface area contributed by atoms with E-state index in [1.165, 1.54) is 12.8 Å².